The largest absolute Gasteiger partial charge is 0.457 e. The molecule has 0 radical (unpaired) electrons. The highest BCUT2D eigenvalue weighted by atomic mass is 32.2. The van der Waals surface area contributed by atoms with Gasteiger partial charge in [-0.25, -0.2) is 8.42 Å². The zero-order chi connectivity index (χ0) is 21.1. The minimum Gasteiger partial charge on any atom is -0.457 e. The smallest absolute Gasteiger partial charge is 0.308 e. The molecule has 1 aliphatic heterocycles. The molecule has 1 aliphatic carbocycles. The average molecular weight is 426 g/mol. The zero-order valence-electron chi connectivity index (χ0n) is 16.4. The number of rotatable bonds is 6. The Kier molecular flexibility index (Phi) is 5.67. The number of hydrogen-bond acceptors (Lipinski definition) is 6. The van der Waals surface area contributed by atoms with Gasteiger partial charge < -0.3 is 4.74 Å². The molecule has 8 heteroatoms. The van der Waals surface area contributed by atoms with E-state index in [1.54, 1.807) is 24.3 Å². The van der Waals surface area contributed by atoms with Crippen LogP contribution in [0.2, 0.25) is 0 Å². The number of carbonyl (C=O) groups is 2. The van der Waals surface area contributed by atoms with Crippen LogP contribution < -0.4 is 4.72 Å². The van der Waals surface area contributed by atoms with Crippen molar-refractivity contribution in [3.05, 3.63) is 64.7 Å². The van der Waals surface area contributed by atoms with Crippen LogP contribution in [0, 0.1) is 0 Å². The van der Waals surface area contributed by atoms with E-state index in [1.165, 1.54) is 23.6 Å². The number of hydrogen-bond donors (Lipinski definition) is 1. The molecule has 0 unspecified atom stereocenters. The summed E-state index contributed by atoms with van der Waals surface area (Å²) in [5.74, 6) is -0.580. The fourth-order valence-electron chi connectivity index (χ4n) is 3.72. The number of aryl methyl sites for hydroxylation is 2. The van der Waals surface area contributed by atoms with Crippen LogP contribution >= 0.6 is 0 Å². The first-order valence-corrected chi connectivity index (χ1v) is 11.4. The number of Topliss-reactive ketones (excluding diaryl/α,β-unsaturated/α-hetero) is 1. The van der Waals surface area contributed by atoms with Gasteiger partial charge in [-0.15, -0.1) is 0 Å². The van der Waals surface area contributed by atoms with Gasteiger partial charge in [0.25, 0.3) is 10.0 Å². The van der Waals surface area contributed by atoms with Crippen molar-refractivity contribution in [2.45, 2.75) is 37.0 Å². The molecule has 0 saturated carbocycles. The number of ketones is 1. The second kappa shape index (κ2) is 8.39. The van der Waals surface area contributed by atoms with E-state index in [-0.39, 0.29) is 36.1 Å². The maximum atomic E-state index is 12.3. The third-order valence-electron chi connectivity index (χ3n) is 5.28. The molecule has 1 heterocycles. The minimum atomic E-state index is -3.61. The van der Waals surface area contributed by atoms with Gasteiger partial charge in [0.1, 0.15) is 5.84 Å². The molecular formula is C22H22N2O5S. The van der Waals surface area contributed by atoms with E-state index in [2.05, 4.69) is 9.71 Å². The maximum Gasteiger partial charge on any atom is 0.308 e. The molecule has 0 amide bonds. The van der Waals surface area contributed by atoms with Crippen LogP contribution in [0.25, 0.3) is 0 Å². The summed E-state index contributed by atoms with van der Waals surface area (Å²) in [5, 5.41) is 0. The molecule has 0 fully saturated rings. The number of amidine groups is 1. The van der Waals surface area contributed by atoms with Crippen LogP contribution in [-0.4, -0.2) is 39.2 Å². The first-order chi connectivity index (χ1) is 14.4. The number of sulfonamides is 1. The van der Waals surface area contributed by atoms with Crippen molar-refractivity contribution in [3.63, 3.8) is 0 Å². The van der Waals surface area contributed by atoms with Crippen molar-refractivity contribution in [1.29, 1.82) is 0 Å². The van der Waals surface area contributed by atoms with Gasteiger partial charge in [0.15, 0.2) is 12.4 Å². The fourth-order valence-corrected chi connectivity index (χ4v) is 4.97. The third kappa shape index (κ3) is 4.28. The van der Waals surface area contributed by atoms with Crippen LogP contribution in [0.4, 0.5) is 0 Å². The average Bonchev–Trinajstić information content (AvgIpc) is 3.02. The molecule has 2 aromatic rings. The van der Waals surface area contributed by atoms with E-state index in [1.807, 2.05) is 12.1 Å². The third-order valence-corrected chi connectivity index (χ3v) is 6.68. The van der Waals surface area contributed by atoms with Gasteiger partial charge in [0.2, 0.25) is 0 Å². The van der Waals surface area contributed by atoms with Gasteiger partial charge >= 0.3 is 5.97 Å². The topological polar surface area (TPSA) is 102 Å². The summed E-state index contributed by atoms with van der Waals surface area (Å²) in [6, 6.07) is 12.2. The molecule has 0 bridgehead atoms. The molecule has 4 rings (SSSR count). The monoisotopic (exact) mass is 426 g/mol. The molecule has 2 aliphatic rings. The molecule has 0 saturated heterocycles. The highest BCUT2D eigenvalue weighted by Crippen LogP contribution is 2.23. The summed E-state index contributed by atoms with van der Waals surface area (Å²) < 4.78 is 31.5. The second-order valence-electron chi connectivity index (χ2n) is 7.36. The molecule has 30 heavy (non-hydrogen) atoms. The number of carbonyl (C=O) groups excluding carboxylic acids is 2. The van der Waals surface area contributed by atoms with Gasteiger partial charge in [-0.2, -0.15) is 0 Å². The Bertz CT molecular complexity index is 1140. The number of aliphatic imine (C=N–C) groups is 1. The number of benzene rings is 2. The van der Waals surface area contributed by atoms with E-state index in [9.17, 15) is 18.0 Å². The summed E-state index contributed by atoms with van der Waals surface area (Å²) in [7, 11) is -3.61. The summed E-state index contributed by atoms with van der Waals surface area (Å²) in [6.45, 7) is -0.262. The Morgan fingerprint density at radius 2 is 1.80 bits per heavy atom. The normalized spacial score (nSPS) is 17.7. The molecular weight excluding hydrogens is 404 g/mol. The lowest BCUT2D eigenvalue weighted by Gasteiger charge is -2.16. The van der Waals surface area contributed by atoms with Crippen molar-refractivity contribution in [1.82, 2.24) is 4.72 Å². The Hall–Kier alpha value is -3.00. The SMILES string of the molecule is O=C(CCN=C1NS(=O)(=O)c2ccccc21)OCC(=O)c1ccc2c(c1)CCCC2. The van der Waals surface area contributed by atoms with E-state index in [0.29, 0.717) is 11.1 Å². The first kappa shape index (κ1) is 20.3. The van der Waals surface area contributed by atoms with E-state index in [0.717, 1.165) is 19.3 Å². The first-order valence-electron chi connectivity index (χ1n) is 9.91. The molecule has 156 valence electrons. The Morgan fingerprint density at radius 3 is 2.63 bits per heavy atom. The molecule has 0 aromatic heterocycles. The lowest BCUT2D eigenvalue weighted by atomic mass is 9.90. The summed E-state index contributed by atoms with van der Waals surface area (Å²) in [6.07, 6.45) is 4.27. The molecule has 7 nitrogen and oxygen atoms in total. The Morgan fingerprint density at radius 1 is 1.03 bits per heavy atom. The predicted octanol–water partition coefficient (Wildman–Crippen LogP) is 2.42. The predicted molar refractivity (Wildman–Crippen MR) is 111 cm³/mol. The van der Waals surface area contributed by atoms with Gasteiger partial charge in [-0.05, 0) is 55.0 Å². The summed E-state index contributed by atoms with van der Waals surface area (Å²) in [5.41, 5.74) is 3.53. The fraction of sp³-hybridized carbons (Fsp3) is 0.318. The van der Waals surface area contributed by atoms with E-state index in [4.69, 9.17) is 4.74 Å². The summed E-state index contributed by atoms with van der Waals surface area (Å²) in [4.78, 5) is 28.7. The van der Waals surface area contributed by atoms with Crippen molar-refractivity contribution >= 4 is 27.6 Å². The highest BCUT2D eigenvalue weighted by Gasteiger charge is 2.30. The van der Waals surface area contributed by atoms with Crippen molar-refractivity contribution in [3.8, 4) is 0 Å². The van der Waals surface area contributed by atoms with Crippen molar-refractivity contribution in [2.24, 2.45) is 4.99 Å². The molecule has 0 spiro atoms. The lowest BCUT2D eigenvalue weighted by Crippen LogP contribution is -2.22. The zero-order valence-corrected chi connectivity index (χ0v) is 17.2. The van der Waals surface area contributed by atoms with Crippen LogP contribution in [0.5, 0.6) is 0 Å². The van der Waals surface area contributed by atoms with Gasteiger partial charge in [-0.1, -0.05) is 24.3 Å². The van der Waals surface area contributed by atoms with Crippen LogP contribution in [0.1, 0.15) is 46.3 Å². The standard InChI is InChI=1S/C22H22N2O5S/c25-19(17-10-9-15-5-1-2-6-16(15)13-17)14-29-21(26)11-12-23-22-18-7-3-4-8-20(18)30(27,28)24-22/h3-4,7-10,13H,1-2,5-6,11-12,14H2,(H,23,24). The van der Waals surface area contributed by atoms with Crippen LogP contribution in [0.15, 0.2) is 52.4 Å². The Balaban J connectivity index is 1.30. The van der Waals surface area contributed by atoms with E-state index >= 15 is 0 Å². The summed E-state index contributed by atoms with van der Waals surface area (Å²) >= 11 is 0. The Labute approximate surface area is 175 Å². The van der Waals surface area contributed by atoms with Crippen molar-refractivity contribution in [2.75, 3.05) is 13.2 Å². The lowest BCUT2D eigenvalue weighted by molar-refractivity contribution is -0.142. The number of ether oxygens (including phenoxy) is 1. The van der Waals surface area contributed by atoms with Crippen LogP contribution in [0.3, 0.4) is 0 Å². The quantitative estimate of drug-likeness (QED) is 0.565. The molecule has 0 atom stereocenters. The van der Waals surface area contributed by atoms with Gasteiger partial charge in [0.05, 0.1) is 17.9 Å². The minimum absolute atomic E-state index is 0.0507. The highest BCUT2D eigenvalue weighted by molar-refractivity contribution is 7.90. The molecule has 2 aromatic carbocycles. The number of nitrogens with zero attached hydrogens (tertiary/aromatic N) is 1. The van der Waals surface area contributed by atoms with Crippen LogP contribution in [-0.2, 0) is 32.4 Å². The number of nitrogens with one attached hydrogen (secondary N) is 1. The van der Waals surface area contributed by atoms with Gasteiger partial charge in [-0.3, -0.25) is 19.3 Å². The number of esters is 1. The maximum absolute atomic E-state index is 12.3. The van der Waals surface area contributed by atoms with E-state index < -0.39 is 16.0 Å². The number of fused-ring (bicyclic) bond motifs is 2. The second-order valence-corrected chi connectivity index (χ2v) is 9.01. The van der Waals surface area contributed by atoms with Gasteiger partial charge in [0, 0.05) is 11.1 Å². The molecule has 1 N–H and O–H groups in total. The van der Waals surface area contributed by atoms with Crippen molar-refractivity contribution < 1.29 is 22.7 Å².